The number of rotatable bonds is 9. The highest BCUT2D eigenvalue weighted by Crippen LogP contribution is 2.12. The van der Waals surface area contributed by atoms with E-state index in [0.717, 1.165) is 30.6 Å². The molecule has 17 heavy (non-hydrogen) atoms. The Morgan fingerprint density at radius 2 is 2.12 bits per heavy atom. The highest BCUT2D eigenvalue weighted by molar-refractivity contribution is 9.10. The highest BCUT2D eigenvalue weighted by atomic mass is 79.9. The van der Waals surface area contributed by atoms with Gasteiger partial charge in [0.2, 0.25) is 0 Å². The van der Waals surface area contributed by atoms with Crippen molar-refractivity contribution in [2.24, 2.45) is 0 Å². The molecule has 0 aromatic heterocycles. The maximum Gasteiger partial charge on any atom is 0.0717 e. The van der Waals surface area contributed by atoms with Gasteiger partial charge in [-0.1, -0.05) is 35.0 Å². The summed E-state index contributed by atoms with van der Waals surface area (Å²) in [6, 6.07) is 8.27. The summed E-state index contributed by atoms with van der Waals surface area (Å²) >= 11 is 3.46. The minimum atomic E-state index is 0.715. The van der Waals surface area contributed by atoms with Crippen molar-refractivity contribution >= 4 is 15.9 Å². The topological polar surface area (TPSA) is 21.3 Å². The summed E-state index contributed by atoms with van der Waals surface area (Å²) < 4.78 is 6.76. The molecule has 1 aromatic carbocycles. The van der Waals surface area contributed by atoms with Gasteiger partial charge in [0.15, 0.2) is 0 Å². The van der Waals surface area contributed by atoms with E-state index in [1.165, 1.54) is 18.4 Å². The zero-order valence-electron chi connectivity index (χ0n) is 10.5. The summed E-state index contributed by atoms with van der Waals surface area (Å²) in [5, 5.41) is 3.33. The molecule has 3 heteroatoms. The summed E-state index contributed by atoms with van der Waals surface area (Å²) in [6.07, 6.45) is 3.64. The van der Waals surface area contributed by atoms with Gasteiger partial charge in [-0.3, -0.25) is 0 Å². The normalized spacial score (nSPS) is 10.7. The van der Waals surface area contributed by atoms with Crippen molar-refractivity contribution < 1.29 is 4.74 Å². The predicted octanol–water partition coefficient (Wildman–Crippen LogP) is 3.75. The first-order valence-electron chi connectivity index (χ1n) is 6.36. The molecular weight excluding hydrogens is 278 g/mol. The number of nitrogens with one attached hydrogen (secondary N) is 1. The monoisotopic (exact) mass is 299 g/mol. The van der Waals surface area contributed by atoms with E-state index in [-0.39, 0.29) is 0 Å². The second-order valence-electron chi connectivity index (χ2n) is 4.10. The van der Waals surface area contributed by atoms with Crippen molar-refractivity contribution in [3.8, 4) is 0 Å². The maximum atomic E-state index is 5.64. The Morgan fingerprint density at radius 3 is 2.88 bits per heavy atom. The molecule has 0 aliphatic carbocycles. The van der Waals surface area contributed by atoms with E-state index in [2.05, 4.69) is 40.3 Å². The molecule has 0 amide bonds. The third-order valence-electron chi connectivity index (χ3n) is 2.55. The van der Waals surface area contributed by atoms with Gasteiger partial charge in [-0.05, 0) is 50.0 Å². The first-order valence-corrected chi connectivity index (χ1v) is 7.15. The lowest BCUT2D eigenvalue weighted by atomic mass is 10.2. The quantitative estimate of drug-likeness (QED) is 0.701. The average molecular weight is 300 g/mol. The van der Waals surface area contributed by atoms with E-state index in [1.807, 2.05) is 12.1 Å². The minimum Gasteiger partial charge on any atom is -0.377 e. The van der Waals surface area contributed by atoms with Crippen molar-refractivity contribution in [1.29, 1.82) is 0 Å². The molecule has 0 spiro atoms. The molecule has 1 aromatic rings. The summed E-state index contributed by atoms with van der Waals surface area (Å²) in [7, 11) is 0. The Bertz CT molecular complexity index is 304. The molecule has 0 aliphatic rings. The lowest BCUT2D eigenvalue weighted by Gasteiger charge is -2.05. The molecule has 0 saturated carbocycles. The van der Waals surface area contributed by atoms with Crippen LogP contribution < -0.4 is 5.32 Å². The van der Waals surface area contributed by atoms with Crippen molar-refractivity contribution in [2.45, 2.75) is 32.8 Å². The lowest BCUT2D eigenvalue weighted by Crippen LogP contribution is -2.13. The van der Waals surface area contributed by atoms with Crippen LogP contribution in [0, 0.1) is 0 Å². The summed E-state index contributed by atoms with van der Waals surface area (Å²) in [4.78, 5) is 0. The third kappa shape index (κ3) is 7.53. The Kier molecular flexibility index (Phi) is 8.32. The van der Waals surface area contributed by atoms with Crippen LogP contribution in [0.5, 0.6) is 0 Å². The second-order valence-corrected chi connectivity index (χ2v) is 5.01. The number of halogens is 1. The average Bonchev–Trinajstić information content (AvgIpc) is 2.33. The van der Waals surface area contributed by atoms with Crippen LogP contribution in [0.3, 0.4) is 0 Å². The van der Waals surface area contributed by atoms with Crippen LogP contribution in [-0.4, -0.2) is 19.7 Å². The third-order valence-corrected chi connectivity index (χ3v) is 3.04. The fourth-order valence-corrected chi connectivity index (χ4v) is 2.07. The molecule has 0 bridgehead atoms. The number of benzene rings is 1. The molecule has 96 valence electrons. The van der Waals surface area contributed by atoms with Crippen LogP contribution in [0.25, 0.3) is 0 Å². The molecule has 0 unspecified atom stereocenters. The van der Waals surface area contributed by atoms with E-state index in [4.69, 9.17) is 4.74 Å². The first kappa shape index (κ1) is 14.7. The van der Waals surface area contributed by atoms with E-state index in [9.17, 15) is 0 Å². The molecule has 2 nitrogen and oxygen atoms in total. The first-order chi connectivity index (χ1) is 8.33. The predicted molar refractivity (Wildman–Crippen MR) is 76.2 cm³/mol. The maximum absolute atomic E-state index is 5.64. The summed E-state index contributed by atoms with van der Waals surface area (Å²) in [5.74, 6) is 0. The van der Waals surface area contributed by atoms with Crippen LogP contribution in [0.4, 0.5) is 0 Å². The van der Waals surface area contributed by atoms with Crippen molar-refractivity contribution in [1.82, 2.24) is 5.32 Å². The fourth-order valence-electron chi connectivity index (χ4n) is 1.62. The standard InChI is InChI=1S/C14H22BrNO/c1-2-16-9-4-3-5-10-17-12-13-7-6-8-14(15)11-13/h6-8,11,16H,2-5,9-10,12H2,1H3. The zero-order valence-corrected chi connectivity index (χ0v) is 12.1. The Morgan fingerprint density at radius 1 is 1.24 bits per heavy atom. The van der Waals surface area contributed by atoms with Gasteiger partial charge < -0.3 is 10.1 Å². The second kappa shape index (κ2) is 9.63. The van der Waals surface area contributed by atoms with Crippen molar-refractivity contribution in [3.63, 3.8) is 0 Å². The molecule has 0 saturated heterocycles. The van der Waals surface area contributed by atoms with E-state index < -0.39 is 0 Å². The molecule has 0 radical (unpaired) electrons. The molecule has 1 N–H and O–H groups in total. The molecule has 0 atom stereocenters. The number of unbranched alkanes of at least 4 members (excludes halogenated alkanes) is 2. The minimum absolute atomic E-state index is 0.715. The molecular formula is C14H22BrNO. The summed E-state index contributed by atoms with van der Waals surface area (Å²) in [6.45, 7) is 5.91. The van der Waals surface area contributed by atoms with Crippen LogP contribution in [-0.2, 0) is 11.3 Å². The van der Waals surface area contributed by atoms with Gasteiger partial charge in [0, 0.05) is 11.1 Å². The molecule has 0 heterocycles. The van der Waals surface area contributed by atoms with Crippen molar-refractivity contribution in [2.75, 3.05) is 19.7 Å². The molecule has 1 rings (SSSR count). The zero-order chi connectivity index (χ0) is 12.3. The largest absolute Gasteiger partial charge is 0.377 e. The van der Waals surface area contributed by atoms with Gasteiger partial charge in [-0.15, -0.1) is 0 Å². The SMILES string of the molecule is CCNCCCCCOCc1cccc(Br)c1. The number of ether oxygens (including phenoxy) is 1. The van der Waals surface area contributed by atoms with Gasteiger partial charge in [0.25, 0.3) is 0 Å². The van der Waals surface area contributed by atoms with Gasteiger partial charge in [0.1, 0.15) is 0 Å². The molecule has 0 fully saturated rings. The van der Waals surface area contributed by atoms with E-state index in [0.29, 0.717) is 6.61 Å². The van der Waals surface area contributed by atoms with Gasteiger partial charge in [-0.2, -0.15) is 0 Å². The Balaban J connectivity index is 1.97. The fraction of sp³-hybridized carbons (Fsp3) is 0.571. The van der Waals surface area contributed by atoms with Gasteiger partial charge >= 0.3 is 0 Å². The van der Waals surface area contributed by atoms with E-state index in [1.54, 1.807) is 0 Å². The van der Waals surface area contributed by atoms with Crippen LogP contribution in [0.2, 0.25) is 0 Å². The number of hydrogen-bond donors (Lipinski definition) is 1. The molecule has 0 aliphatic heterocycles. The van der Waals surface area contributed by atoms with Crippen molar-refractivity contribution in [3.05, 3.63) is 34.3 Å². The Labute approximate surface area is 113 Å². The van der Waals surface area contributed by atoms with Crippen LogP contribution in [0.15, 0.2) is 28.7 Å². The Hall–Kier alpha value is -0.380. The van der Waals surface area contributed by atoms with Crippen LogP contribution >= 0.6 is 15.9 Å². The summed E-state index contributed by atoms with van der Waals surface area (Å²) in [5.41, 5.74) is 1.23. The number of hydrogen-bond acceptors (Lipinski definition) is 2. The van der Waals surface area contributed by atoms with E-state index >= 15 is 0 Å². The smallest absolute Gasteiger partial charge is 0.0717 e. The van der Waals surface area contributed by atoms with Crippen LogP contribution in [0.1, 0.15) is 31.7 Å². The highest BCUT2D eigenvalue weighted by Gasteiger charge is 1.94. The van der Waals surface area contributed by atoms with Gasteiger partial charge in [-0.25, -0.2) is 0 Å². The van der Waals surface area contributed by atoms with Gasteiger partial charge in [0.05, 0.1) is 6.61 Å². The lowest BCUT2D eigenvalue weighted by molar-refractivity contribution is 0.117.